The number of rotatable bonds is 6. The van der Waals surface area contributed by atoms with Gasteiger partial charge in [-0.25, -0.2) is 0 Å². The van der Waals surface area contributed by atoms with E-state index in [-0.39, 0.29) is 5.91 Å². The lowest BCUT2D eigenvalue weighted by atomic mass is 10.1. The van der Waals surface area contributed by atoms with E-state index in [0.29, 0.717) is 27.3 Å². The molecule has 0 saturated heterocycles. The first kappa shape index (κ1) is 21.2. The van der Waals surface area contributed by atoms with Crippen LogP contribution in [-0.2, 0) is 6.42 Å². The van der Waals surface area contributed by atoms with Crippen LogP contribution in [0, 0.1) is 0 Å². The highest BCUT2D eigenvalue weighted by molar-refractivity contribution is 6.34. The molecule has 0 atom stereocenters. The van der Waals surface area contributed by atoms with Crippen LogP contribution < -0.4 is 5.32 Å². The van der Waals surface area contributed by atoms with Crippen molar-refractivity contribution in [1.82, 2.24) is 15.0 Å². The molecular weight excluding hydrogens is 432 g/mol. The number of unbranched alkanes of at least 4 members (excludes halogenated alkanes) is 1. The number of aryl methyl sites for hydroxylation is 1. The number of carbonyl (C=O) groups excluding carboxylic acids is 1. The van der Waals surface area contributed by atoms with Crippen LogP contribution in [0.2, 0.25) is 5.02 Å². The predicted molar refractivity (Wildman–Crippen MR) is 134 cm³/mol. The molecule has 0 aliphatic heterocycles. The van der Waals surface area contributed by atoms with Crippen molar-refractivity contribution < 1.29 is 4.79 Å². The van der Waals surface area contributed by atoms with Crippen molar-refractivity contribution in [3.8, 4) is 5.69 Å². The molecule has 6 heteroatoms. The lowest BCUT2D eigenvalue weighted by Gasteiger charge is -2.08. The number of halogens is 1. The lowest BCUT2D eigenvalue weighted by molar-refractivity contribution is 0.102. The summed E-state index contributed by atoms with van der Waals surface area (Å²) in [7, 11) is 0. The molecule has 5 aromatic rings. The molecule has 5 rings (SSSR count). The Morgan fingerprint density at radius 2 is 1.64 bits per heavy atom. The Labute approximate surface area is 197 Å². The number of aromatic nitrogens is 3. The summed E-state index contributed by atoms with van der Waals surface area (Å²) >= 11 is 6.46. The molecule has 5 nitrogen and oxygen atoms in total. The molecule has 0 saturated carbocycles. The Kier molecular flexibility index (Phi) is 5.80. The molecule has 0 bridgehead atoms. The van der Waals surface area contributed by atoms with Gasteiger partial charge in [0.05, 0.1) is 16.4 Å². The molecular formula is C27H23ClN4O. The van der Waals surface area contributed by atoms with Crippen LogP contribution in [0.15, 0.2) is 78.9 Å². The van der Waals surface area contributed by atoms with Crippen LogP contribution >= 0.6 is 11.6 Å². The van der Waals surface area contributed by atoms with Crippen LogP contribution in [0.3, 0.4) is 0 Å². The normalized spacial score (nSPS) is 11.2. The Bertz CT molecular complexity index is 1460. The van der Waals surface area contributed by atoms with Crippen LogP contribution in [0.4, 0.5) is 5.69 Å². The maximum absolute atomic E-state index is 12.9. The highest BCUT2D eigenvalue weighted by Gasteiger charge is 2.13. The SMILES string of the molecule is CCCCc1ccc(-n2nc3cc(Cl)c(NC(=O)c4ccc5ccccc5c4)cc3n2)cc1. The minimum absolute atomic E-state index is 0.225. The van der Waals surface area contributed by atoms with Gasteiger partial charge in [-0.15, -0.1) is 10.2 Å². The number of hydrogen-bond acceptors (Lipinski definition) is 3. The Balaban J connectivity index is 1.40. The van der Waals surface area contributed by atoms with E-state index in [9.17, 15) is 4.79 Å². The molecule has 164 valence electrons. The third-order valence-corrected chi connectivity index (χ3v) is 6.03. The predicted octanol–water partition coefficient (Wildman–Crippen LogP) is 6.82. The van der Waals surface area contributed by atoms with Gasteiger partial charge in [0.25, 0.3) is 5.91 Å². The van der Waals surface area contributed by atoms with Gasteiger partial charge in [-0.1, -0.05) is 67.4 Å². The Hall–Kier alpha value is -3.70. The van der Waals surface area contributed by atoms with Crippen LogP contribution in [-0.4, -0.2) is 20.9 Å². The van der Waals surface area contributed by atoms with E-state index in [2.05, 4.69) is 34.6 Å². The summed E-state index contributed by atoms with van der Waals surface area (Å²) in [6.07, 6.45) is 3.42. The molecule has 1 heterocycles. The maximum Gasteiger partial charge on any atom is 0.255 e. The number of anilines is 1. The summed E-state index contributed by atoms with van der Waals surface area (Å²) in [5.41, 5.74) is 4.58. The number of benzene rings is 4. The lowest BCUT2D eigenvalue weighted by Crippen LogP contribution is -2.12. The van der Waals surface area contributed by atoms with E-state index < -0.39 is 0 Å². The molecule has 1 aromatic heterocycles. The number of fused-ring (bicyclic) bond motifs is 2. The zero-order chi connectivity index (χ0) is 22.8. The topological polar surface area (TPSA) is 59.8 Å². The third-order valence-electron chi connectivity index (χ3n) is 5.72. The molecule has 0 unspecified atom stereocenters. The highest BCUT2D eigenvalue weighted by Crippen LogP contribution is 2.28. The Morgan fingerprint density at radius 1 is 0.909 bits per heavy atom. The summed E-state index contributed by atoms with van der Waals surface area (Å²) in [5.74, 6) is -0.225. The van der Waals surface area contributed by atoms with Crippen molar-refractivity contribution in [3.05, 3.63) is 95.0 Å². The minimum Gasteiger partial charge on any atom is -0.321 e. The first-order valence-electron chi connectivity index (χ1n) is 11.1. The van der Waals surface area contributed by atoms with Crippen molar-refractivity contribution in [2.45, 2.75) is 26.2 Å². The summed E-state index contributed by atoms with van der Waals surface area (Å²) in [4.78, 5) is 14.5. The van der Waals surface area contributed by atoms with Crippen LogP contribution in [0.1, 0.15) is 35.7 Å². The van der Waals surface area contributed by atoms with E-state index >= 15 is 0 Å². The van der Waals surface area contributed by atoms with Crippen molar-refractivity contribution in [1.29, 1.82) is 0 Å². The summed E-state index contributed by atoms with van der Waals surface area (Å²) < 4.78 is 0. The molecule has 0 aliphatic carbocycles. The zero-order valence-corrected chi connectivity index (χ0v) is 19.0. The standard InChI is InChI=1S/C27H23ClN4O/c1-2-3-6-18-9-13-22(14-10-18)32-30-25-16-23(28)24(17-26(25)31-32)29-27(33)21-12-11-19-7-4-5-8-20(19)15-21/h4-5,7-17H,2-3,6H2,1H3,(H,29,33). The van der Waals surface area contributed by atoms with E-state index in [1.807, 2.05) is 54.6 Å². The average molecular weight is 455 g/mol. The number of amides is 1. The molecule has 0 spiro atoms. The Morgan fingerprint density at radius 3 is 2.39 bits per heavy atom. The largest absolute Gasteiger partial charge is 0.321 e. The van der Waals surface area contributed by atoms with Gasteiger partial charge >= 0.3 is 0 Å². The maximum atomic E-state index is 12.9. The quantitative estimate of drug-likeness (QED) is 0.306. The average Bonchev–Trinajstić information content (AvgIpc) is 3.25. The highest BCUT2D eigenvalue weighted by atomic mass is 35.5. The fourth-order valence-corrected chi connectivity index (χ4v) is 4.06. The van der Waals surface area contributed by atoms with Crippen molar-refractivity contribution in [3.63, 3.8) is 0 Å². The summed E-state index contributed by atoms with van der Waals surface area (Å²) in [5, 5.41) is 14.6. The van der Waals surface area contributed by atoms with E-state index in [1.54, 1.807) is 16.9 Å². The molecule has 1 amide bonds. The van der Waals surface area contributed by atoms with E-state index in [4.69, 9.17) is 11.6 Å². The smallest absolute Gasteiger partial charge is 0.255 e. The zero-order valence-electron chi connectivity index (χ0n) is 18.3. The van der Waals surface area contributed by atoms with Gasteiger partial charge in [0.1, 0.15) is 11.0 Å². The molecule has 0 aliphatic rings. The van der Waals surface area contributed by atoms with Gasteiger partial charge in [-0.2, -0.15) is 4.80 Å². The minimum atomic E-state index is -0.225. The first-order valence-corrected chi connectivity index (χ1v) is 11.4. The summed E-state index contributed by atoms with van der Waals surface area (Å²) in [6.45, 7) is 2.19. The van der Waals surface area contributed by atoms with Crippen LogP contribution in [0.25, 0.3) is 27.5 Å². The van der Waals surface area contributed by atoms with Crippen LogP contribution in [0.5, 0.6) is 0 Å². The molecule has 0 fully saturated rings. The number of nitrogens with one attached hydrogen (secondary N) is 1. The number of nitrogens with zero attached hydrogens (tertiary/aromatic N) is 3. The summed E-state index contributed by atoms with van der Waals surface area (Å²) in [6, 6.07) is 25.3. The molecule has 33 heavy (non-hydrogen) atoms. The second kappa shape index (κ2) is 9.04. The molecule has 0 radical (unpaired) electrons. The fraction of sp³-hybridized carbons (Fsp3) is 0.148. The first-order chi connectivity index (χ1) is 16.1. The van der Waals surface area contributed by atoms with Gasteiger partial charge in [-0.3, -0.25) is 4.79 Å². The fourth-order valence-electron chi connectivity index (χ4n) is 3.85. The second-order valence-electron chi connectivity index (χ2n) is 8.10. The second-order valence-corrected chi connectivity index (χ2v) is 8.50. The van der Waals surface area contributed by atoms with Gasteiger partial charge in [0.15, 0.2) is 0 Å². The number of hydrogen-bond donors (Lipinski definition) is 1. The van der Waals surface area contributed by atoms with E-state index in [1.165, 1.54) is 18.4 Å². The number of carbonyl (C=O) groups is 1. The van der Waals surface area contributed by atoms with Crippen molar-refractivity contribution >= 4 is 45.0 Å². The molecule has 1 N–H and O–H groups in total. The van der Waals surface area contributed by atoms with Crippen molar-refractivity contribution in [2.75, 3.05) is 5.32 Å². The van der Waals surface area contributed by atoms with Gasteiger partial charge in [0.2, 0.25) is 0 Å². The monoisotopic (exact) mass is 454 g/mol. The van der Waals surface area contributed by atoms with Gasteiger partial charge in [0, 0.05) is 5.56 Å². The van der Waals surface area contributed by atoms with Crippen molar-refractivity contribution in [2.24, 2.45) is 0 Å². The third kappa shape index (κ3) is 4.45. The molecule has 4 aromatic carbocycles. The van der Waals surface area contributed by atoms with E-state index in [0.717, 1.165) is 22.9 Å². The van der Waals surface area contributed by atoms with Gasteiger partial charge < -0.3 is 5.32 Å². The van der Waals surface area contributed by atoms with Gasteiger partial charge in [-0.05, 0) is 65.6 Å².